The van der Waals surface area contributed by atoms with Crippen molar-refractivity contribution in [2.75, 3.05) is 0 Å². The van der Waals surface area contributed by atoms with E-state index in [2.05, 4.69) is 32.9 Å². The van der Waals surface area contributed by atoms with Gasteiger partial charge in [0.1, 0.15) is 0 Å². The third kappa shape index (κ3) is 13.6. The summed E-state index contributed by atoms with van der Waals surface area (Å²) >= 11 is 0. The molecule has 0 unspecified atom stereocenters. The summed E-state index contributed by atoms with van der Waals surface area (Å²) in [6.45, 7) is 6.34. The van der Waals surface area contributed by atoms with E-state index in [1.165, 1.54) is 11.1 Å². The summed E-state index contributed by atoms with van der Waals surface area (Å²) in [6, 6.07) is 0. The van der Waals surface area contributed by atoms with Gasteiger partial charge in [-0.1, -0.05) is 49.0 Å². The predicted molar refractivity (Wildman–Crippen MR) is 103 cm³/mol. The Labute approximate surface area is 151 Å². The molecule has 0 rings (SSSR count). The van der Waals surface area contributed by atoms with Gasteiger partial charge in [0.15, 0.2) is 5.40 Å². The van der Waals surface area contributed by atoms with Crippen molar-refractivity contribution in [1.82, 2.24) is 0 Å². The lowest BCUT2D eigenvalue weighted by Crippen LogP contribution is -2.09. The number of unbranched alkanes of at least 4 members (excludes halogenated alkanes) is 5. The Kier molecular flexibility index (Phi) is 12.1. The maximum absolute atomic E-state index is 11.2. The van der Waals surface area contributed by atoms with Gasteiger partial charge < -0.3 is 19.6 Å². The minimum Gasteiger partial charge on any atom is -0.324 e. The first-order chi connectivity index (χ1) is 11.4. The number of allylic oxidation sites excluding steroid dienone is 4. The van der Waals surface area contributed by atoms with Crippen molar-refractivity contribution < 1.29 is 28.7 Å². The molecule has 0 aliphatic rings. The first-order valence-electron chi connectivity index (χ1n) is 8.84. The standard InChI is InChI=1S/C17H34O6P2/c1-15(2)11-10-13-16(3)12-8-6-4-5-7-9-14-17(24(18,19)20)25(21,22)23/h11-12,17H,4-10,13-14H2,1-3H3,(H2,18,19,20)(H2,21,22,23). The average molecular weight is 396 g/mol. The van der Waals surface area contributed by atoms with Crippen LogP contribution in [-0.4, -0.2) is 25.0 Å². The molecule has 8 heteroatoms. The smallest absolute Gasteiger partial charge is 0.324 e. The van der Waals surface area contributed by atoms with Crippen molar-refractivity contribution in [3.8, 4) is 0 Å². The molecule has 0 atom stereocenters. The monoisotopic (exact) mass is 396 g/mol. The van der Waals surface area contributed by atoms with Crippen molar-refractivity contribution in [2.45, 2.75) is 84.0 Å². The zero-order chi connectivity index (χ0) is 19.5. The van der Waals surface area contributed by atoms with E-state index in [4.69, 9.17) is 19.6 Å². The van der Waals surface area contributed by atoms with Gasteiger partial charge in [-0.15, -0.1) is 0 Å². The molecule has 25 heavy (non-hydrogen) atoms. The van der Waals surface area contributed by atoms with E-state index < -0.39 is 20.6 Å². The van der Waals surface area contributed by atoms with Gasteiger partial charge in [-0.2, -0.15) is 0 Å². The van der Waals surface area contributed by atoms with E-state index in [0.717, 1.165) is 44.9 Å². The third-order valence-corrected chi connectivity index (χ3v) is 7.90. The summed E-state index contributed by atoms with van der Waals surface area (Å²) in [6.07, 6.45) is 11.6. The maximum atomic E-state index is 11.2. The molecule has 0 radical (unpaired) electrons. The van der Waals surface area contributed by atoms with Crippen LogP contribution < -0.4 is 0 Å². The van der Waals surface area contributed by atoms with Crippen LogP contribution in [0.4, 0.5) is 0 Å². The zero-order valence-electron chi connectivity index (χ0n) is 15.6. The molecule has 6 nitrogen and oxygen atoms in total. The molecule has 4 N–H and O–H groups in total. The highest BCUT2D eigenvalue weighted by Gasteiger charge is 2.42. The van der Waals surface area contributed by atoms with E-state index in [1.807, 2.05) is 0 Å². The van der Waals surface area contributed by atoms with Crippen LogP contribution in [0.5, 0.6) is 0 Å². The van der Waals surface area contributed by atoms with Gasteiger partial charge in [-0.25, -0.2) is 0 Å². The quantitative estimate of drug-likeness (QED) is 0.196. The van der Waals surface area contributed by atoms with Crippen LogP contribution in [0.25, 0.3) is 0 Å². The summed E-state index contributed by atoms with van der Waals surface area (Å²) in [5.41, 5.74) is 2.73. The Hall–Kier alpha value is -0.220. The maximum Gasteiger partial charge on any atom is 0.340 e. The van der Waals surface area contributed by atoms with Crippen molar-refractivity contribution >= 4 is 15.2 Å². The highest BCUT2D eigenvalue weighted by molar-refractivity contribution is 7.70. The van der Waals surface area contributed by atoms with Crippen molar-refractivity contribution in [1.29, 1.82) is 0 Å². The largest absolute Gasteiger partial charge is 0.340 e. The Morgan fingerprint density at radius 1 is 0.800 bits per heavy atom. The molecule has 0 spiro atoms. The molecule has 148 valence electrons. The molecule has 0 aromatic heterocycles. The fourth-order valence-corrected chi connectivity index (χ4v) is 5.18. The molecule has 0 aliphatic carbocycles. The number of hydrogen-bond donors (Lipinski definition) is 4. The fourth-order valence-electron chi connectivity index (χ4n) is 2.57. The van der Waals surface area contributed by atoms with Crippen LogP contribution in [0.3, 0.4) is 0 Å². The van der Waals surface area contributed by atoms with E-state index in [9.17, 15) is 9.13 Å². The Morgan fingerprint density at radius 2 is 1.32 bits per heavy atom. The fraction of sp³-hybridized carbons (Fsp3) is 0.765. The van der Waals surface area contributed by atoms with Gasteiger partial charge in [0.2, 0.25) is 0 Å². The topological polar surface area (TPSA) is 115 Å². The Bertz CT molecular complexity index is 503. The first kappa shape index (κ1) is 24.8. The van der Waals surface area contributed by atoms with E-state index in [0.29, 0.717) is 6.42 Å². The Balaban J connectivity index is 3.88. The minimum atomic E-state index is -4.77. The van der Waals surface area contributed by atoms with Crippen LogP contribution in [0, 0.1) is 0 Å². The van der Waals surface area contributed by atoms with Crippen molar-refractivity contribution in [3.63, 3.8) is 0 Å². The van der Waals surface area contributed by atoms with Crippen LogP contribution in [-0.2, 0) is 9.13 Å². The summed E-state index contributed by atoms with van der Waals surface area (Å²) in [7, 11) is -9.53. The molecule has 0 amide bonds. The third-order valence-electron chi connectivity index (χ3n) is 4.03. The molecule has 0 aromatic rings. The molecule has 0 heterocycles. The van der Waals surface area contributed by atoms with Crippen LogP contribution in [0.1, 0.15) is 78.6 Å². The summed E-state index contributed by atoms with van der Waals surface area (Å²) in [5, 5.41) is -1.86. The number of rotatable bonds is 13. The molecule has 0 saturated heterocycles. The van der Waals surface area contributed by atoms with Crippen LogP contribution in [0.15, 0.2) is 23.3 Å². The van der Waals surface area contributed by atoms with E-state index >= 15 is 0 Å². The normalized spacial score (nSPS) is 13.4. The second-order valence-corrected chi connectivity index (χ2v) is 10.9. The zero-order valence-corrected chi connectivity index (χ0v) is 17.4. The lowest BCUT2D eigenvalue weighted by molar-refractivity contribution is 0.333. The SMILES string of the molecule is CC(C)=CCCC(C)=CCCCCCCCC(P(=O)(O)O)P(=O)(O)O. The predicted octanol–water partition coefficient (Wildman–Crippen LogP) is 5.09. The van der Waals surface area contributed by atoms with Gasteiger partial charge in [-0.05, 0) is 52.9 Å². The molecule has 0 aromatic carbocycles. The molecular formula is C17H34O6P2. The first-order valence-corrected chi connectivity index (χ1v) is 12.2. The molecule has 0 aliphatic heterocycles. The average Bonchev–Trinajstić information content (AvgIpc) is 2.42. The number of hydrogen-bond acceptors (Lipinski definition) is 2. The molecule has 0 bridgehead atoms. The molecule has 0 saturated carbocycles. The summed E-state index contributed by atoms with van der Waals surface area (Å²) < 4.78 is 22.3. The lowest BCUT2D eigenvalue weighted by atomic mass is 10.1. The summed E-state index contributed by atoms with van der Waals surface area (Å²) in [4.78, 5) is 36.2. The van der Waals surface area contributed by atoms with Gasteiger partial charge in [0.25, 0.3) is 0 Å². The van der Waals surface area contributed by atoms with Crippen LogP contribution >= 0.6 is 15.2 Å². The van der Waals surface area contributed by atoms with Gasteiger partial charge in [-0.3, -0.25) is 9.13 Å². The molecule has 0 fully saturated rings. The molecular weight excluding hydrogens is 362 g/mol. The van der Waals surface area contributed by atoms with Gasteiger partial charge in [0, 0.05) is 0 Å². The second-order valence-electron chi connectivity index (χ2n) is 6.87. The van der Waals surface area contributed by atoms with Crippen molar-refractivity contribution in [3.05, 3.63) is 23.3 Å². The van der Waals surface area contributed by atoms with E-state index in [1.54, 1.807) is 0 Å². The highest BCUT2D eigenvalue weighted by Crippen LogP contribution is 2.61. The van der Waals surface area contributed by atoms with Gasteiger partial charge >= 0.3 is 15.2 Å². The second kappa shape index (κ2) is 12.2. The van der Waals surface area contributed by atoms with Gasteiger partial charge in [0.05, 0.1) is 0 Å². The van der Waals surface area contributed by atoms with Crippen molar-refractivity contribution in [2.24, 2.45) is 0 Å². The highest BCUT2D eigenvalue weighted by atomic mass is 31.2. The minimum absolute atomic E-state index is 0.141. The lowest BCUT2D eigenvalue weighted by Gasteiger charge is -2.19. The van der Waals surface area contributed by atoms with Crippen LogP contribution in [0.2, 0.25) is 0 Å². The van der Waals surface area contributed by atoms with E-state index in [-0.39, 0.29) is 6.42 Å². The summed E-state index contributed by atoms with van der Waals surface area (Å²) in [5.74, 6) is 0. The Morgan fingerprint density at radius 3 is 1.84 bits per heavy atom.